The van der Waals surface area contributed by atoms with Crippen LogP contribution in [0.2, 0.25) is 0 Å². The molecule has 1 N–H and O–H groups in total. The number of carbonyl (C=O) groups excluding carboxylic acids is 1. The van der Waals surface area contributed by atoms with Gasteiger partial charge in [-0.15, -0.1) is 0 Å². The molecule has 36 heavy (non-hydrogen) atoms. The zero-order valence-electron chi connectivity index (χ0n) is 19.8. The SMILES string of the molecule is Cc1cc(F)ccc1[C@@H]1CN(CCO)CC[C@H]1C(=O)N(C)Cc1cc(C(F)(F)F)cc(C(F)(F)F)c1. The Labute approximate surface area is 204 Å². The third kappa shape index (κ3) is 6.56. The molecule has 0 radical (unpaired) electrons. The number of aryl methyl sites for hydroxylation is 1. The molecule has 0 spiro atoms. The van der Waals surface area contributed by atoms with Gasteiger partial charge in [0.25, 0.3) is 0 Å². The number of alkyl halides is 6. The Bertz CT molecular complexity index is 1050. The smallest absolute Gasteiger partial charge is 0.395 e. The summed E-state index contributed by atoms with van der Waals surface area (Å²) in [7, 11) is 1.34. The number of carbonyl (C=O) groups is 1. The van der Waals surface area contributed by atoms with Crippen molar-refractivity contribution in [2.45, 2.75) is 38.2 Å². The van der Waals surface area contributed by atoms with Crippen LogP contribution in [0.15, 0.2) is 36.4 Å². The second-order valence-corrected chi connectivity index (χ2v) is 9.14. The van der Waals surface area contributed by atoms with Gasteiger partial charge < -0.3 is 14.9 Å². The number of hydrogen-bond acceptors (Lipinski definition) is 3. The molecule has 11 heteroatoms. The van der Waals surface area contributed by atoms with E-state index in [9.17, 15) is 40.6 Å². The van der Waals surface area contributed by atoms with Crippen LogP contribution in [-0.4, -0.2) is 54.1 Å². The molecule has 0 bridgehead atoms. The molecule has 1 saturated heterocycles. The van der Waals surface area contributed by atoms with Crippen LogP contribution in [-0.2, 0) is 23.7 Å². The third-order valence-corrected chi connectivity index (χ3v) is 6.51. The van der Waals surface area contributed by atoms with Crippen molar-refractivity contribution >= 4 is 5.91 Å². The van der Waals surface area contributed by atoms with Crippen LogP contribution in [0.5, 0.6) is 0 Å². The van der Waals surface area contributed by atoms with Gasteiger partial charge in [0.2, 0.25) is 5.91 Å². The molecule has 2 atom stereocenters. The van der Waals surface area contributed by atoms with Gasteiger partial charge in [0.1, 0.15) is 5.82 Å². The van der Waals surface area contributed by atoms with E-state index in [2.05, 4.69) is 0 Å². The first-order valence-electron chi connectivity index (χ1n) is 11.3. The molecule has 1 heterocycles. The molecule has 2 aromatic rings. The second-order valence-electron chi connectivity index (χ2n) is 9.14. The first-order chi connectivity index (χ1) is 16.7. The minimum Gasteiger partial charge on any atom is -0.395 e. The number of benzene rings is 2. The Morgan fingerprint density at radius 1 is 1.06 bits per heavy atom. The maximum Gasteiger partial charge on any atom is 0.416 e. The molecular formula is C25H27F7N2O2. The summed E-state index contributed by atoms with van der Waals surface area (Å²) < 4.78 is 93.1. The molecule has 1 aliphatic heterocycles. The van der Waals surface area contributed by atoms with Crippen molar-refractivity contribution < 1.29 is 40.6 Å². The Hall–Kier alpha value is -2.66. The van der Waals surface area contributed by atoms with Crippen molar-refractivity contribution in [2.24, 2.45) is 5.92 Å². The van der Waals surface area contributed by atoms with E-state index in [0.717, 1.165) is 10.5 Å². The average molecular weight is 520 g/mol. The predicted molar refractivity (Wildman–Crippen MR) is 118 cm³/mol. The van der Waals surface area contributed by atoms with Gasteiger partial charge >= 0.3 is 12.4 Å². The summed E-state index contributed by atoms with van der Waals surface area (Å²) in [5.74, 6) is -1.89. The van der Waals surface area contributed by atoms with Crippen molar-refractivity contribution in [3.63, 3.8) is 0 Å². The van der Waals surface area contributed by atoms with E-state index in [4.69, 9.17) is 0 Å². The molecule has 1 amide bonds. The van der Waals surface area contributed by atoms with Gasteiger partial charge in [0.05, 0.1) is 17.7 Å². The van der Waals surface area contributed by atoms with Crippen molar-refractivity contribution in [2.75, 3.05) is 33.3 Å². The van der Waals surface area contributed by atoms with Gasteiger partial charge in [0, 0.05) is 38.5 Å². The van der Waals surface area contributed by atoms with Crippen LogP contribution < -0.4 is 0 Å². The monoisotopic (exact) mass is 520 g/mol. The number of hydrogen-bond donors (Lipinski definition) is 1. The molecule has 0 saturated carbocycles. The van der Waals surface area contributed by atoms with Crippen LogP contribution in [0.25, 0.3) is 0 Å². The van der Waals surface area contributed by atoms with Crippen molar-refractivity contribution in [3.8, 4) is 0 Å². The number of halogens is 7. The van der Waals surface area contributed by atoms with Crippen molar-refractivity contribution in [3.05, 3.63) is 70.0 Å². The lowest BCUT2D eigenvalue weighted by molar-refractivity contribution is -0.143. The standard InChI is InChI=1S/C25H27F7N2O2/c1-15-9-19(26)3-4-20(15)22-14-34(7-8-35)6-5-21(22)23(36)33(2)13-16-10-17(24(27,28)29)12-18(11-16)25(30,31)32/h3-4,9-12,21-22,35H,5-8,13-14H2,1-2H3/t21-,22+/m1/s1. The minimum atomic E-state index is -4.98. The lowest BCUT2D eigenvalue weighted by Gasteiger charge is -2.40. The zero-order valence-corrected chi connectivity index (χ0v) is 19.8. The number of β-amino-alcohol motifs (C(OH)–C–C–N with tert-alkyl or cyclic N) is 1. The topological polar surface area (TPSA) is 43.8 Å². The summed E-state index contributed by atoms with van der Waals surface area (Å²) in [6, 6.07) is 5.48. The summed E-state index contributed by atoms with van der Waals surface area (Å²) in [5.41, 5.74) is -1.82. The van der Waals surface area contributed by atoms with E-state index < -0.39 is 53.6 Å². The van der Waals surface area contributed by atoms with E-state index >= 15 is 0 Å². The van der Waals surface area contributed by atoms with Crippen molar-refractivity contribution in [1.29, 1.82) is 0 Å². The maximum absolute atomic E-state index is 13.7. The number of aliphatic hydroxyl groups is 1. The Morgan fingerprint density at radius 3 is 2.19 bits per heavy atom. The Kier molecular flexibility index (Phi) is 8.34. The first-order valence-corrected chi connectivity index (χ1v) is 11.3. The van der Waals surface area contributed by atoms with Gasteiger partial charge in [-0.1, -0.05) is 6.07 Å². The van der Waals surface area contributed by atoms with Crippen LogP contribution in [0.3, 0.4) is 0 Å². The number of nitrogens with zero attached hydrogens (tertiary/aromatic N) is 2. The summed E-state index contributed by atoms with van der Waals surface area (Å²) in [4.78, 5) is 16.5. The first kappa shape index (κ1) is 27.9. The second kappa shape index (κ2) is 10.8. The van der Waals surface area contributed by atoms with E-state index in [0.29, 0.717) is 43.8 Å². The predicted octanol–water partition coefficient (Wildman–Crippen LogP) is 5.23. The molecule has 1 fully saturated rings. The lowest BCUT2D eigenvalue weighted by Crippen LogP contribution is -2.46. The quantitative estimate of drug-likeness (QED) is 0.531. The van der Waals surface area contributed by atoms with E-state index in [1.54, 1.807) is 13.0 Å². The number of aliphatic hydroxyl groups excluding tert-OH is 1. The molecule has 0 unspecified atom stereocenters. The van der Waals surface area contributed by atoms with Crippen LogP contribution in [0.1, 0.15) is 40.2 Å². The summed E-state index contributed by atoms with van der Waals surface area (Å²) >= 11 is 0. The minimum absolute atomic E-state index is 0.0511. The molecule has 2 aromatic carbocycles. The number of amides is 1. The van der Waals surface area contributed by atoms with Crippen LogP contribution in [0.4, 0.5) is 30.7 Å². The van der Waals surface area contributed by atoms with E-state index in [1.807, 2.05) is 4.90 Å². The fourth-order valence-electron chi connectivity index (χ4n) is 4.78. The van der Waals surface area contributed by atoms with Gasteiger partial charge in [-0.25, -0.2) is 4.39 Å². The summed E-state index contributed by atoms with van der Waals surface area (Å²) in [6.45, 7) is 2.40. The highest BCUT2D eigenvalue weighted by Crippen LogP contribution is 2.38. The summed E-state index contributed by atoms with van der Waals surface area (Å²) in [6.07, 6.45) is -9.60. The molecular weight excluding hydrogens is 493 g/mol. The summed E-state index contributed by atoms with van der Waals surface area (Å²) in [5, 5.41) is 9.33. The molecule has 198 valence electrons. The van der Waals surface area contributed by atoms with E-state index in [-0.39, 0.29) is 18.2 Å². The highest BCUT2D eigenvalue weighted by molar-refractivity contribution is 5.80. The van der Waals surface area contributed by atoms with Crippen LogP contribution >= 0.6 is 0 Å². The highest BCUT2D eigenvalue weighted by Gasteiger charge is 2.39. The normalized spacial score (nSPS) is 19.4. The third-order valence-electron chi connectivity index (χ3n) is 6.51. The Balaban J connectivity index is 1.90. The van der Waals surface area contributed by atoms with Gasteiger partial charge in [-0.3, -0.25) is 4.79 Å². The Morgan fingerprint density at radius 2 is 1.67 bits per heavy atom. The maximum atomic E-state index is 13.7. The van der Waals surface area contributed by atoms with Gasteiger partial charge in [-0.05, 0) is 66.9 Å². The number of rotatable bonds is 6. The van der Waals surface area contributed by atoms with E-state index in [1.165, 1.54) is 19.2 Å². The van der Waals surface area contributed by atoms with Gasteiger partial charge in [0.15, 0.2) is 0 Å². The highest BCUT2D eigenvalue weighted by atomic mass is 19.4. The zero-order chi connectivity index (χ0) is 26.8. The molecule has 4 nitrogen and oxygen atoms in total. The molecule has 3 rings (SSSR count). The molecule has 0 aromatic heterocycles. The number of likely N-dealkylation sites (tertiary alicyclic amines) is 1. The fraction of sp³-hybridized carbons (Fsp3) is 0.480. The molecule has 0 aliphatic carbocycles. The van der Waals surface area contributed by atoms with Crippen molar-refractivity contribution in [1.82, 2.24) is 9.80 Å². The lowest BCUT2D eigenvalue weighted by atomic mass is 9.78. The van der Waals surface area contributed by atoms with Crippen LogP contribution in [0, 0.1) is 18.7 Å². The fourth-order valence-corrected chi connectivity index (χ4v) is 4.78. The molecule has 1 aliphatic rings. The van der Waals surface area contributed by atoms with Gasteiger partial charge in [-0.2, -0.15) is 26.3 Å². The number of piperidine rings is 1. The largest absolute Gasteiger partial charge is 0.416 e. The average Bonchev–Trinajstić information content (AvgIpc) is 2.77.